The molecule has 0 saturated heterocycles. The number of hydrogen-bond acceptors (Lipinski definition) is 0. The van der Waals surface area contributed by atoms with E-state index in [1.165, 1.54) is 0 Å². The van der Waals surface area contributed by atoms with Crippen LogP contribution >= 0.6 is 0 Å². The summed E-state index contributed by atoms with van der Waals surface area (Å²) in [6.07, 6.45) is 0. The molecule has 0 fully saturated rings. The molecule has 0 heterocycles. The van der Waals surface area contributed by atoms with Crippen LogP contribution in [0.3, 0.4) is 0 Å². The summed E-state index contributed by atoms with van der Waals surface area (Å²) < 4.78 is 0. The fourth-order valence-electron chi connectivity index (χ4n) is 0. The van der Waals surface area contributed by atoms with Crippen LogP contribution in [0.4, 0.5) is 0 Å². The van der Waals surface area contributed by atoms with Gasteiger partial charge in [0.2, 0.25) is 0 Å². The van der Waals surface area contributed by atoms with Gasteiger partial charge in [0.25, 0.3) is 0 Å². The quantitative estimate of drug-likeness (QED) is 0.274. The molecule has 0 nitrogen and oxygen atoms in total. The molecule has 0 aromatic heterocycles. The molecular weight excluding hydrogens is 530 g/mol. The second kappa shape index (κ2) is 15.7. The molecule has 4 heteroatoms. The maximum atomic E-state index is 0. The van der Waals surface area contributed by atoms with E-state index in [4.69, 9.17) is 0 Å². The van der Waals surface area contributed by atoms with E-state index < -0.39 is 0 Å². The van der Waals surface area contributed by atoms with Gasteiger partial charge in [-0.25, -0.2) is 0 Å². The van der Waals surface area contributed by atoms with Crippen molar-refractivity contribution in [3.8, 4) is 0 Å². The Morgan fingerprint density at radius 1 is 1.00 bits per heavy atom. The van der Waals surface area contributed by atoms with Crippen molar-refractivity contribution in [1.82, 2.24) is 0 Å². The molecule has 0 bridgehead atoms. The summed E-state index contributed by atoms with van der Waals surface area (Å²) in [5, 5.41) is 0. The van der Waals surface area contributed by atoms with E-state index in [9.17, 15) is 0 Å². The van der Waals surface area contributed by atoms with Gasteiger partial charge in [-0.1, -0.05) is 0 Å². The Bertz CT molecular complexity index is 8.00. The Kier molecular flexibility index (Phi) is 96.1. The van der Waals surface area contributed by atoms with Gasteiger partial charge in [-0.05, 0) is 0 Å². The second-order valence-electron chi connectivity index (χ2n) is 0. The van der Waals surface area contributed by atoms with Crippen LogP contribution in [0.1, 0.15) is 0 Å². The summed E-state index contributed by atoms with van der Waals surface area (Å²) in [7, 11) is 0. The molecular formula is H10BiInSnSr. The standard InChI is InChI=1S/Bi.In.Sn.Sr.10H. The molecule has 0 unspecified atom stereocenters. The molecule has 0 aliphatic heterocycles. The molecule has 0 rings (SSSR count). The van der Waals surface area contributed by atoms with Crippen molar-refractivity contribution in [2.24, 2.45) is 0 Å². The van der Waals surface area contributed by atoms with E-state index >= 15 is 0 Å². The topological polar surface area (TPSA) is 0 Å². The van der Waals surface area contributed by atoms with Crippen molar-refractivity contribution in [3.05, 3.63) is 0 Å². The Balaban J connectivity index is 0. The predicted octanol–water partition coefficient (Wildman–Crippen LogP) is -4.20. The first kappa shape index (κ1) is 24.4. The van der Waals surface area contributed by atoms with Gasteiger partial charge in [0.15, 0.2) is 0 Å². The first-order chi connectivity index (χ1) is 0. The van der Waals surface area contributed by atoms with Crippen molar-refractivity contribution >= 4 is 121 Å². The molecule has 0 aromatic rings. The van der Waals surface area contributed by atoms with E-state index in [0.29, 0.717) is 0 Å². The molecule has 0 amide bonds. The van der Waals surface area contributed by atoms with Gasteiger partial charge in [0, 0.05) is 0 Å². The number of rotatable bonds is 0. The molecule has 0 aliphatic carbocycles. The van der Waals surface area contributed by atoms with Gasteiger partial charge in [-0.3, -0.25) is 0 Å². The van der Waals surface area contributed by atoms with Gasteiger partial charge in [0.1, 0.15) is 0 Å². The first-order valence-electron chi connectivity index (χ1n) is 0. The Morgan fingerprint density at radius 3 is 1.00 bits per heavy atom. The van der Waals surface area contributed by atoms with Crippen LogP contribution in [0.2, 0.25) is 0 Å². The van der Waals surface area contributed by atoms with Crippen LogP contribution in [0.25, 0.3) is 0 Å². The molecule has 0 aliphatic rings. The molecule has 0 N–H and O–H groups in total. The Morgan fingerprint density at radius 2 is 1.00 bits per heavy atom. The van der Waals surface area contributed by atoms with E-state index in [0.717, 1.165) is 0 Å². The minimum absolute atomic E-state index is 0. The maximum absolute atomic E-state index is 0. The summed E-state index contributed by atoms with van der Waals surface area (Å²) in [5.41, 5.74) is 0. The molecule has 0 aromatic carbocycles. The molecule has 0 spiro atoms. The molecule has 2 radical (unpaired) electrons. The third kappa shape index (κ3) is 9.40. The number of hydrogen-bond donors (Lipinski definition) is 0. The summed E-state index contributed by atoms with van der Waals surface area (Å²) in [5.74, 6) is 0. The average Bonchev–Trinajstić information content (AvgIpc) is 0. The van der Waals surface area contributed by atoms with E-state index in [2.05, 4.69) is 0 Å². The van der Waals surface area contributed by atoms with Crippen LogP contribution < -0.4 is 0 Å². The normalized spacial score (nSPS) is 0. The van der Waals surface area contributed by atoms with Crippen LogP contribution in [-0.4, -0.2) is 121 Å². The summed E-state index contributed by atoms with van der Waals surface area (Å²) in [6, 6.07) is 0. The summed E-state index contributed by atoms with van der Waals surface area (Å²) in [6.45, 7) is 0. The fraction of sp³-hybridized carbons (Fsp3) is 0. The second-order valence-corrected chi connectivity index (χ2v) is 0. The van der Waals surface area contributed by atoms with Crippen LogP contribution in [-0.2, 0) is 0 Å². The van der Waals surface area contributed by atoms with Crippen molar-refractivity contribution < 1.29 is 0 Å². The van der Waals surface area contributed by atoms with Gasteiger partial charge < -0.3 is 0 Å². The van der Waals surface area contributed by atoms with Crippen LogP contribution in [0.5, 0.6) is 0 Å². The minimum atomic E-state index is 0. The average molecular weight is 540 g/mol. The molecule has 0 saturated carbocycles. The third-order valence-electron chi connectivity index (χ3n) is 0. The summed E-state index contributed by atoms with van der Waals surface area (Å²) >= 11 is 0. The third-order valence-corrected chi connectivity index (χ3v) is 0. The van der Waals surface area contributed by atoms with Crippen molar-refractivity contribution in [1.29, 1.82) is 0 Å². The Hall–Kier alpha value is 4.03. The van der Waals surface area contributed by atoms with E-state index in [1.807, 2.05) is 0 Å². The van der Waals surface area contributed by atoms with Crippen molar-refractivity contribution in [2.45, 2.75) is 0 Å². The van der Waals surface area contributed by atoms with Gasteiger partial charge in [0.05, 0.1) is 0 Å². The van der Waals surface area contributed by atoms with Crippen molar-refractivity contribution in [2.75, 3.05) is 0 Å². The van der Waals surface area contributed by atoms with Crippen LogP contribution in [0, 0.1) is 0 Å². The monoisotopic (exact) mass is 542 g/mol. The zero-order valence-corrected chi connectivity index (χ0v) is 10.9. The molecule has 0 atom stereocenters. The van der Waals surface area contributed by atoms with Gasteiger partial charge in [-0.2, -0.15) is 0 Å². The van der Waals surface area contributed by atoms with Gasteiger partial charge >= 0.3 is 121 Å². The predicted molar refractivity (Wildman–Crippen MR) is 37.0 cm³/mol. The summed E-state index contributed by atoms with van der Waals surface area (Å²) in [4.78, 5) is 0. The zero-order chi connectivity index (χ0) is 0. The fourth-order valence-corrected chi connectivity index (χ4v) is 0. The van der Waals surface area contributed by atoms with Crippen LogP contribution in [0.15, 0.2) is 0 Å². The Labute approximate surface area is 118 Å². The van der Waals surface area contributed by atoms with Gasteiger partial charge in [-0.15, -0.1) is 0 Å². The van der Waals surface area contributed by atoms with Crippen molar-refractivity contribution in [3.63, 3.8) is 0 Å². The SMILES string of the molecule is [BiH3].[InH3].[SnH2].[SrH2]. The van der Waals surface area contributed by atoms with E-state index in [-0.39, 0.29) is 121 Å². The van der Waals surface area contributed by atoms with E-state index in [1.54, 1.807) is 0 Å². The first-order valence-corrected chi connectivity index (χ1v) is 0. The zero-order valence-electron chi connectivity index (χ0n) is 1.41. The molecule has 4 heavy (non-hydrogen) atoms. The molecule has 24 valence electrons.